The zero-order valence-electron chi connectivity index (χ0n) is 11.6. The summed E-state index contributed by atoms with van der Waals surface area (Å²) in [5, 5.41) is 1.23. The highest BCUT2D eigenvalue weighted by atomic mass is 16.1. The highest BCUT2D eigenvalue weighted by Crippen LogP contribution is 2.34. The van der Waals surface area contributed by atoms with Crippen molar-refractivity contribution in [3.8, 4) is 0 Å². The van der Waals surface area contributed by atoms with Gasteiger partial charge in [0.2, 0.25) is 0 Å². The zero-order valence-corrected chi connectivity index (χ0v) is 11.6. The smallest absolute Gasteiger partial charge is 0.156 e. The van der Waals surface area contributed by atoms with Crippen molar-refractivity contribution in [1.29, 1.82) is 0 Å². The summed E-state index contributed by atoms with van der Waals surface area (Å²) in [4.78, 5) is 15.6. The van der Waals surface area contributed by atoms with Gasteiger partial charge in [0.25, 0.3) is 0 Å². The Bertz CT molecular complexity index is 856. The lowest BCUT2D eigenvalue weighted by Crippen LogP contribution is -1.93. The summed E-state index contributed by atoms with van der Waals surface area (Å²) in [6.07, 6.45) is 3.16. The molecule has 102 valence electrons. The van der Waals surface area contributed by atoms with Crippen LogP contribution in [0.15, 0.2) is 60.7 Å². The largest absolute Gasteiger partial charge is 0.354 e. The van der Waals surface area contributed by atoms with E-state index in [0.717, 1.165) is 28.8 Å². The molecule has 0 unspecified atom stereocenters. The van der Waals surface area contributed by atoms with E-state index in [1.54, 1.807) is 6.08 Å². The molecule has 1 aromatic heterocycles. The molecule has 0 amide bonds. The Morgan fingerprint density at radius 3 is 2.48 bits per heavy atom. The van der Waals surface area contributed by atoms with E-state index >= 15 is 0 Å². The van der Waals surface area contributed by atoms with Crippen molar-refractivity contribution in [2.45, 2.75) is 12.8 Å². The first-order valence-electron chi connectivity index (χ1n) is 7.23. The van der Waals surface area contributed by atoms with Crippen LogP contribution in [0.2, 0.25) is 0 Å². The standard InChI is InChI=1S/C19H15NO/c21-14-10-11-16-15-8-4-5-9-18(15)20-19(16)17(12-14)13-6-2-1-3-7-13/h1-9,12,20H,10-11H2. The minimum atomic E-state index is 0.197. The van der Waals surface area contributed by atoms with Crippen LogP contribution in [-0.2, 0) is 11.2 Å². The molecule has 2 heteroatoms. The van der Waals surface area contributed by atoms with Gasteiger partial charge in [-0.3, -0.25) is 4.79 Å². The second-order valence-electron chi connectivity index (χ2n) is 5.41. The summed E-state index contributed by atoms with van der Waals surface area (Å²) >= 11 is 0. The van der Waals surface area contributed by atoms with Gasteiger partial charge in [0.05, 0.1) is 5.69 Å². The van der Waals surface area contributed by atoms with E-state index in [2.05, 4.69) is 35.3 Å². The fourth-order valence-corrected chi connectivity index (χ4v) is 3.09. The average Bonchev–Trinajstić information content (AvgIpc) is 2.81. The van der Waals surface area contributed by atoms with E-state index in [-0.39, 0.29) is 5.78 Å². The number of rotatable bonds is 1. The maximum atomic E-state index is 12.1. The van der Waals surface area contributed by atoms with Crippen LogP contribution in [0.25, 0.3) is 16.5 Å². The molecule has 0 aliphatic heterocycles. The third-order valence-electron chi connectivity index (χ3n) is 4.09. The van der Waals surface area contributed by atoms with Crippen LogP contribution in [-0.4, -0.2) is 10.8 Å². The minimum absolute atomic E-state index is 0.197. The molecule has 1 aliphatic carbocycles. The second kappa shape index (κ2) is 4.74. The van der Waals surface area contributed by atoms with Gasteiger partial charge < -0.3 is 4.98 Å². The van der Waals surface area contributed by atoms with Crippen LogP contribution in [0.5, 0.6) is 0 Å². The Kier molecular flexibility index (Phi) is 2.74. The summed E-state index contributed by atoms with van der Waals surface area (Å²) < 4.78 is 0. The van der Waals surface area contributed by atoms with Gasteiger partial charge in [-0.1, -0.05) is 48.5 Å². The fraction of sp³-hybridized carbons (Fsp3) is 0.105. The number of H-pyrrole nitrogens is 1. The number of aryl methyl sites for hydroxylation is 1. The van der Waals surface area contributed by atoms with Gasteiger partial charge in [-0.05, 0) is 29.7 Å². The molecule has 3 aromatic rings. The van der Waals surface area contributed by atoms with E-state index in [9.17, 15) is 4.79 Å². The van der Waals surface area contributed by atoms with E-state index in [1.165, 1.54) is 10.9 Å². The molecular formula is C19H15NO. The molecule has 0 saturated heterocycles. The third-order valence-corrected chi connectivity index (χ3v) is 4.09. The number of aromatic amines is 1. The molecule has 4 rings (SSSR count). The summed E-state index contributed by atoms with van der Waals surface area (Å²) in [7, 11) is 0. The maximum absolute atomic E-state index is 12.1. The molecule has 0 radical (unpaired) electrons. The number of hydrogen-bond acceptors (Lipinski definition) is 1. The normalized spacial score (nSPS) is 14.7. The van der Waals surface area contributed by atoms with Gasteiger partial charge >= 0.3 is 0 Å². The first-order valence-corrected chi connectivity index (χ1v) is 7.23. The number of para-hydroxylation sites is 1. The molecule has 0 fully saturated rings. The summed E-state index contributed by atoms with van der Waals surface area (Å²) in [6, 6.07) is 18.4. The Morgan fingerprint density at radius 2 is 1.62 bits per heavy atom. The van der Waals surface area contributed by atoms with Gasteiger partial charge in [-0.15, -0.1) is 0 Å². The number of ketones is 1. The number of fused-ring (bicyclic) bond motifs is 3. The summed E-state index contributed by atoms with van der Waals surface area (Å²) in [5.74, 6) is 0.197. The van der Waals surface area contributed by atoms with Crippen LogP contribution < -0.4 is 0 Å². The highest BCUT2D eigenvalue weighted by Gasteiger charge is 2.20. The third kappa shape index (κ3) is 2.00. The lowest BCUT2D eigenvalue weighted by molar-refractivity contribution is -0.114. The van der Waals surface area contributed by atoms with Crippen LogP contribution in [0.1, 0.15) is 23.2 Å². The van der Waals surface area contributed by atoms with Gasteiger partial charge in [0, 0.05) is 22.9 Å². The van der Waals surface area contributed by atoms with Crippen LogP contribution in [0, 0.1) is 0 Å². The summed E-state index contributed by atoms with van der Waals surface area (Å²) in [5.41, 5.74) is 5.57. The van der Waals surface area contributed by atoms with Crippen molar-refractivity contribution >= 4 is 22.3 Å². The molecule has 0 bridgehead atoms. The van der Waals surface area contributed by atoms with Gasteiger partial charge in [0.1, 0.15) is 0 Å². The molecule has 21 heavy (non-hydrogen) atoms. The monoisotopic (exact) mass is 273 g/mol. The molecule has 1 N–H and O–H groups in total. The van der Waals surface area contributed by atoms with E-state index in [4.69, 9.17) is 0 Å². The van der Waals surface area contributed by atoms with E-state index < -0.39 is 0 Å². The summed E-state index contributed by atoms with van der Waals surface area (Å²) in [6.45, 7) is 0. The van der Waals surface area contributed by atoms with E-state index in [1.807, 2.05) is 24.3 Å². The first kappa shape index (κ1) is 12.2. The predicted octanol–water partition coefficient (Wildman–Crippen LogP) is 4.11. The molecule has 1 heterocycles. The lowest BCUT2D eigenvalue weighted by atomic mass is 9.99. The molecule has 0 saturated carbocycles. The molecule has 2 aromatic carbocycles. The van der Waals surface area contributed by atoms with Gasteiger partial charge in [-0.2, -0.15) is 0 Å². The molecule has 2 nitrogen and oxygen atoms in total. The van der Waals surface area contributed by atoms with Crippen LogP contribution in [0.3, 0.4) is 0 Å². The number of nitrogens with one attached hydrogen (secondary N) is 1. The Hall–Kier alpha value is -2.61. The Morgan fingerprint density at radius 1 is 0.857 bits per heavy atom. The van der Waals surface area contributed by atoms with Crippen molar-refractivity contribution in [3.63, 3.8) is 0 Å². The SMILES string of the molecule is O=C1C=C(c2ccccc2)c2[nH]c3ccccc3c2CC1. The molecular weight excluding hydrogens is 258 g/mol. The number of hydrogen-bond donors (Lipinski definition) is 1. The quantitative estimate of drug-likeness (QED) is 0.711. The highest BCUT2D eigenvalue weighted by molar-refractivity contribution is 6.04. The Labute approximate surface area is 123 Å². The number of allylic oxidation sites excluding steroid dienone is 1. The number of benzene rings is 2. The number of carbonyl (C=O) groups is 1. The average molecular weight is 273 g/mol. The first-order chi connectivity index (χ1) is 10.3. The van der Waals surface area contributed by atoms with E-state index in [0.29, 0.717) is 6.42 Å². The second-order valence-corrected chi connectivity index (χ2v) is 5.41. The Balaban J connectivity index is 2.00. The van der Waals surface area contributed by atoms with Crippen molar-refractivity contribution in [2.75, 3.05) is 0 Å². The van der Waals surface area contributed by atoms with Crippen LogP contribution >= 0.6 is 0 Å². The predicted molar refractivity (Wildman–Crippen MR) is 85.1 cm³/mol. The van der Waals surface area contributed by atoms with Gasteiger partial charge in [-0.25, -0.2) is 0 Å². The number of carbonyl (C=O) groups excluding carboxylic acids is 1. The van der Waals surface area contributed by atoms with Crippen LogP contribution in [0.4, 0.5) is 0 Å². The van der Waals surface area contributed by atoms with Crippen molar-refractivity contribution in [1.82, 2.24) is 4.98 Å². The zero-order chi connectivity index (χ0) is 14.2. The van der Waals surface area contributed by atoms with Gasteiger partial charge in [0.15, 0.2) is 5.78 Å². The molecule has 0 spiro atoms. The lowest BCUT2D eigenvalue weighted by Gasteiger charge is -2.06. The fourth-order valence-electron chi connectivity index (χ4n) is 3.09. The topological polar surface area (TPSA) is 32.9 Å². The number of aromatic nitrogens is 1. The molecule has 0 atom stereocenters. The minimum Gasteiger partial charge on any atom is -0.354 e. The van der Waals surface area contributed by atoms with Crippen molar-refractivity contribution < 1.29 is 4.79 Å². The maximum Gasteiger partial charge on any atom is 0.156 e. The molecule has 1 aliphatic rings. The van der Waals surface area contributed by atoms with Crippen molar-refractivity contribution in [3.05, 3.63) is 77.5 Å². The van der Waals surface area contributed by atoms with Crippen molar-refractivity contribution in [2.24, 2.45) is 0 Å².